The van der Waals surface area contributed by atoms with Crippen LogP contribution in [-0.4, -0.2) is 0 Å². The second-order valence-corrected chi connectivity index (χ2v) is 5.12. The molecule has 0 heteroatoms. The molecular weight excluding hydrogens is 216 g/mol. The molecule has 0 N–H and O–H groups in total. The topological polar surface area (TPSA) is 0 Å². The predicted molar refractivity (Wildman–Crippen MR) is 78.6 cm³/mol. The van der Waals surface area contributed by atoms with Gasteiger partial charge in [0.05, 0.1) is 0 Å². The number of hydrogen-bond acceptors (Lipinski definition) is 0. The van der Waals surface area contributed by atoms with Crippen molar-refractivity contribution in [2.75, 3.05) is 0 Å². The lowest BCUT2D eigenvalue weighted by Gasteiger charge is -2.10. The SMILES string of the molecule is CCC1=C(C2=CC=CC2)Cc2cccc(CC)c21. The maximum Gasteiger partial charge on any atom is -0.00138 e. The van der Waals surface area contributed by atoms with E-state index in [0.29, 0.717) is 0 Å². The lowest BCUT2D eigenvalue weighted by Crippen LogP contribution is -1.92. The second-order valence-electron chi connectivity index (χ2n) is 5.12. The molecule has 0 spiro atoms. The lowest BCUT2D eigenvalue weighted by atomic mass is 9.94. The van der Waals surface area contributed by atoms with Crippen molar-refractivity contribution >= 4 is 5.57 Å². The highest BCUT2D eigenvalue weighted by atomic mass is 14.3. The molecule has 0 saturated heterocycles. The molecule has 0 heterocycles. The summed E-state index contributed by atoms with van der Waals surface area (Å²) in [5.74, 6) is 0. The maximum atomic E-state index is 2.31. The zero-order chi connectivity index (χ0) is 12.5. The Hall–Kier alpha value is -1.56. The van der Waals surface area contributed by atoms with Crippen molar-refractivity contribution in [3.05, 3.63) is 64.3 Å². The number of rotatable bonds is 3. The minimum absolute atomic E-state index is 1.12. The molecule has 0 amide bonds. The smallest absolute Gasteiger partial charge is 0.00138 e. The van der Waals surface area contributed by atoms with Gasteiger partial charge >= 0.3 is 0 Å². The van der Waals surface area contributed by atoms with Crippen molar-refractivity contribution < 1.29 is 0 Å². The molecule has 3 rings (SSSR count). The third-order valence-corrected chi connectivity index (χ3v) is 4.16. The molecule has 0 nitrogen and oxygen atoms in total. The van der Waals surface area contributed by atoms with Crippen LogP contribution in [0.4, 0.5) is 0 Å². The van der Waals surface area contributed by atoms with E-state index in [9.17, 15) is 0 Å². The molecule has 2 aliphatic carbocycles. The summed E-state index contributed by atoms with van der Waals surface area (Å²) in [4.78, 5) is 0. The van der Waals surface area contributed by atoms with Crippen LogP contribution in [-0.2, 0) is 12.8 Å². The average molecular weight is 236 g/mol. The lowest BCUT2D eigenvalue weighted by molar-refractivity contribution is 1.10. The van der Waals surface area contributed by atoms with Crippen LogP contribution in [0.25, 0.3) is 5.57 Å². The Bertz CT molecular complexity index is 568. The van der Waals surface area contributed by atoms with E-state index in [1.807, 2.05) is 0 Å². The Balaban J connectivity index is 2.12. The van der Waals surface area contributed by atoms with E-state index in [1.54, 1.807) is 16.7 Å². The molecule has 0 unspecified atom stereocenters. The molecule has 0 saturated carbocycles. The summed E-state index contributed by atoms with van der Waals surface area (Å²) < 4.78 is 0. The first kappa shape index (κ1) is 11.5. The van der Waals surface area contributed by atoms with Gasteiger partial charge in [0.1, 0.15) is 0 Å². The first-order valence-corrected chi connectivity index (χ1v) is 7.04. The Labute approximate surface area is 110 Å². The zero-order valence-electron chi connectivity index (χ0n) is 11.3. The third-order valence-electron chi connectivity index (χ3n) is 4.16. The van der Waals surface area contributed by atoms with Gasteiger partial charge in [0.2, 0.25) is 0 Å². The van der Waals surface area contributed by atoms with E-state index >= 15 is 0 Å². The first-order chi connectivity index (χ1) is 8.85. The average Bonchev–Trinajstić information content (AvgIpc) is 3.04. The highest BCUT2D eigenvalue weighted by molar-refractivity contribution is 5.82. The van der Waals surface area contributed by atoms with Gasteiger partial charge in [-0.15, -0.1) is 0 Å². The number of aryl methyl sites for hydroxylation is 1. The summed E-state index contributed by atoms with van der Waals surface area (Å²) in [5.41, 5.74) is 9.34. The molecule has 0 fully saturated rings. The molecule has 1 aromatic carbocycles. The van der Waals surface area contributed by atoms with E-state index in [-0.39, 0.29) is 0 Å². The van der Waals surface area contributed by atoms with E-state index in [4.69, 9.17) is 0 Å². The van der Waals surface area contributed by atoms with Crippen LogP contribution in [0, 0.1) is 0 Å². The normalized spacial score (nSPS) is 17.3. The third kappa shape index (κ3) is 1.68. The van der Waals surface area contributed by atoms with Gasteiger partial charge in [-0.05, 0) is 59.1 Å². The molecule has 0 atom stereocenters. The van der Waals surface area contributed by atoms with Crippen LogP contribution in [0.15, 0.2) is 47.6 Å². The maximum absolute atomic E-state index is 2.31. The Morgan fingerprint density at radius 2 is 2.00 bits per heavy atom. The van der Waals surface area contributed by atoms with Gasteiger partial charge < -0.3 is 0 Å². The Morgan fingerprint density at radius 1 is 1.11 bits per heavy atom. The van der Waals surface area contributed by atoms with Crippen LogP contribution < -0.4 is 0 Å². The van der Waals surface area contributed by atoms with Gasteiger partial charge in [0, 0.05) is 0 Å². The van der Waals surface area contributed by atoms with Crippen LogP contribution in [0.1, 0.15) is 43.4 Å². The molecule has 92 valence electrons. The van der Waals surface area contributed by atoms with E-state index in [0.717, 1.165) is 25.7 Å². The van der Waals surface area contributed by atoms with Crippen molar-refractivity contribution in [2.45, 2.75) is 39.5 Å². The zero-order valence-corrected chi connectivity index (χ0v) is 11.3. The van der Waals surface area contributed by atoms with Gasteiger partial charge in [-0.3, -0.25) is 0 Å². The minimum Gasteiger partial charge on any atom is -0.0801 e. The highest BCUT2D eigenvalue weighted by Gasteiger charge is 2.24. The molecule has 2 aliphatic rings. The van der Waals surface area contributed by atoms with Crippen LogP contribution >= 0.6 is 0 Å². The quantitative estimate of drug-likeness (QED) is 0.703. The van der Waals surface area contributed by atoms with Crippen molar-refractivity contribution in [3.63, 3.8) is 0 Å². The summed E-state index contributed by atoms with van der Waals surface area (Å²) in [6.07, 6.45) is 11.3. The summed E-state index contributed by atoms with van der Waals surface area (Å²) in [5, 5.41) is 0. The second kappa shape index (κ2) is 4.61. The first-order valence-electron chi connectivity index (χ1n) is 7.04. The fourth-order valence-electron chi connectivity index (χ4n) is 3.30. The van der Waals surface area contributed by atoms with Crippen LogP contribution in [0.2, 0.25) is 0 Å². The van der Waals surface area contributed by atoms with Gasteiger partial charge in [-0.25, -0.2) is 0 Å². The highest BCUT2D eigenvalue weighted by Crippen LogP contribution is 2.41. The number of allylic oxidation sites excluding steroid dienone is 6. The monoisotopic (exact) mass is 236 g/mol. The van der Waals surface area contributed by atoms with E-state index in [1.165, 1.54) is 16.7 Å². The molecule has 0 bridgehead atoms. The van der Waals surface area contributed by atoms with E-state index < -0.39 is 0 Å². The van der Waals surface area contributed by atoms with Gasteiger partial charge in [-0.2, -0.15) is 0 Å². The fraction of sp³-hybridized carbons (Fsp3) is 0.333. The molecule has 18 heavy (non-hydrogen) atoms. The van der Waals surface area contributed by atoms with E-state index in [2.05, 4.69) is 50.3 Å². The molecule has 0 aliphatic heterocycles. The summed E-state index contributed by atoms with van der Waals surface area (Å²) >= 11 is 0. The van der Waals surface area contributed by atoms with Crippen molar-refractivity contribution in [1.82, 2.24) is 0 Å². The van der Waals surface area contributed by atoms with Gasteiger partial charge in [-0.1, -0.05) is 50.3 Å². The van der Waals surface area contributed by atoms with Crippen molar-refractivity contribution in [2.24, 2.45) is 0 Å². The number of benzene rings is 1. The number of fused-ring (bicyclic) bond motifs is 1. The number of hydrogen-bond donors (Lipinski definition) is 0. The Morgan fingerprint density at radius 3 is 2.67 bits per heavy atom. The Kier molecular flexibility index (Phi) is 2.95. The van der Waals surface area contributed by atoms with Crippen molar-refractivity contribution in [1.29, 1.82) is 0 Å². The van der Waals surface area contributed by atoms with Crippen LogP contribution in [0.5, 0.6) is 0 Å². The molecular formula is C18H20. The minimum atomic E-state index is 1.12. The van der Waals surface area contributed by atoms with Gasteiger partial charge in [0.25, 0.3) is 0 Å². The summed E-state index contributed by atoms with van der Waals surface area (Å²) in [6.45, 7) is 4.55. The fourth-order valence-corrected chi connectivity index (χ4v) is 3.30. The van der Waals surface area contributed by atoms with Crippen LogP contribution in [0.3, 0.4) is 0 Å². The summed E-state index contributed by atoms with van der Waals surface area (Å²) in [6, 6.07) is 6.81. The summed E-state index contributed by atoms with van der Waals surface area (Å²) in [7, 11) is 0. The van der Waals surface area contributed by atoms with Crippen molar-refractivity contribution in [3.8, 4) is 0 Å². The molecule has 0 aromatic heterocycles. The largest absolute Gasteiger partial charge is 0.0801 e. The van der Waals surface area contributed by atoms with Gasteiger partial charge in [0.15, 0.2) is 0 Å². The standard InChI is InChI=1S/C18H20/c1-3-13-10-7-11-15-12-17(14-8-5-6-9-14)16(4-2)18(13)15/h5-8,10-11H,3-4,9,12H2,1-2H3. The molecule has 1 aromatic rings. The molecule has 0 radical (unpaired) electrons. The predicted octanol–water partition coefficient (Wildman–Crippen LogP) is 4.86.